The third-order valence-corrected chi connectivity index (χ3v) is 6.74. The number of hydrogen-bond donors (Lipinski definition) is 0. The molecule has 0 radical (unpaired) electrons. The van der Waals surface area contributed by atoms with E-state index < -0.39 is 0 Å². The predicted octanol–water partition coefficient (Wildman–Crippen LogP) is 5.99. The second-order valence-electron chi connectivity index (χ2n) is 8.83. The number of carbonyl (C=O) groups is 1. The highest BCUT2D eigenvalue weighted by atomic mass is 79.9. The molecule has 6 nitrogen and oxygen atoms in total. The smallest absolute Gasteiger partial charge is 0.264 e. The summed E-state index contributed by atoms with van der Waals surface area (Å²) in [4.78, 5) is 17.2. The third-order valence-electron chi connectivity index (χ3n) is 6.15. The Hall–Kier alpha value is -3.76. The summed E-state index contributed by atoms with van der Waals surface area (Å²) in [5.41, 5.74) is 4.15. The van der Waals surface area contributed by atoms with Crippen LogP contribution in [0.15, 0.2) is 76.8 Å². The van der Waals surface area contributed by atoms with Crippen molar-refractivity contribution in [3.05, 3.63) is 93.5 Å². The Bertz CT molecular complexity index is 1310. The molecule has 1 heterocycles. The van der Waals surface area contributed by atoms with E-state index in [2.05, 4.69) is 45.1 Å². The van der Waals surface area contributed by atoms with Crippen molar-refractivity contribution in [2.75, 3.05) is 37.7 Å². The average Bonchev–Trinajstić information content (AvgIpc) is 2.92. The van der Waals surface area contributed by atoms with Gasteiger partial charge in [0.15, 0.2) is 11.5 Å². The van der Waals surface area contributed by atoms with Crippen LogP contribution in [0, 0.1) is 18.3 Å². The second kappa shape index (κ2) is 12.5. The number of carbonyl (C=O) groups excluding carboxylic acids is 1. The Labute approximate surface area is 226 Å². The van der Waals surface area contributed by atoms with Gasteiger partial charge in [0.1, 0.15) is 18.2 Å². The lowest BCUT2D eigenvalue weighted by atomic mass is 10.1. The van der Waals surface area contributed by atoms with Gasteiger partial charge in [-0.15, -0.1) is 0 Å². The standard InChI is InChI=1S/C30H30BrN3O3/c1-3-36-28-19-24(18-27(31)29(28)37-21-23-9-7-8-22(2)16-23)17-25(20-32)30(35)34-14-12-33(13-15-34)26-10-5-4-6-11-26/h4-11,16-19H,3,12-15,21H2,1-2H3/b25-17-. The second-order valence-corrected chi connectivity index (χ2v) is 9.68. The van der Waals surface area contributed by atoms with Gasteiger partial charge in [0.2, 0.25) is 0 Å². The number of nitriles is 1. The first kappa shape index (κ1) is 26.3. The third kappa shape index (κ3) is 6.72. The molecule has 1 aliphatic rings. The first-order valence-electron chi connectivity index (χ1n) is 12.3. The SMILES string of the molecule is CCOc1cc(/C=C(/C#N)C(=O)N2CCN(c3ccccc3)CC2)cc(Br)c1OCc1cccc(C)c1. The highest BCUT2D eigenvalue weighted by molar-refractivity contribution is 9.10. The van der Waals surface area contributed by atoms with E-state index in [4.69, 9.17) is 9.47 Å². The van der Waals surface area contributed by atoms with E-state index in [-0.39, 0.29) is 11.5 Å². The monoisotopic (exact) mass is 559 g/mol. The zero-order valence-corrected chi connectivity index (χ0v) is 22.7. The Kier molecular flexibility index (Phi) is 8.86. The maximum atomic E-state index is 13.2. The molecule has 3 aromatic carbocycles. The van der Waals surface area contributed by atoms with Crippen LogP contribution in [0.1, 0.15) is 23.6 Å². The zero-order valence-electron chi connectivity index (χ0n) is 21.1. The van der Waals surface area contributed by atoms with Crippen molar-refractivity contribution in [2.45, 2.75) is 20.5 Å². The number of ether oxygens (including phenoxy) is 2. The molecule has 7 heteroatoms. The molecule has 0 saturated carbocycles. The largest absolute Gasteiger partial charge is 0.490 e. The number of anilines is 1. The van der Waals surface area contributed by atoms with E-state index in [1.807, 2.05) is 56.3 Å². The van der Waals surface area contributed by atoms with Crippen molar-refractivity contribution in [1.29, 1.82) is 5.26 Å². The van der Waals surface area contributed by atoms with Gasteiger partial charge in [-0.3, -0.25) is 4.79 Å². The van der Waals surface area contributed by atoms with E-state index >= 15 is 0 Å². The number of amides is 1. The number of piperazine rings is 1. The van der Waals surface area contributed by atoms with Crippen LogP contribution in [0.3, 0.4) is 0 Å². The fourth-order valence-corrected chi connectivity index (χ4v) is 4.89. The molecule has 37 heavy (non-hydrogen) atoms. The number of rotatable bonds is 8. The summed E-state index contributed by atoms with van der Waals surface area (Å²) in [6.07, 6.45) is 1.61. The van der Waals surface area contributed by atoms with Crippen LogP contribution in [0.4, 0.5) is 5.69 Å². The molecule has 0 bridgehead atoms. The quantitative estimate of drug-likeness (QED) is 0.250. The van der Waals surface area contributed by atoms with Crippen molar-refractivity contribution in [2.24, 2.45) is 0 Å². The van der Waals surface area contributed by atoms with Gasteiger partial charge in [-0.2, -0.15) is 5.26 Å². The lowest BCUT2D eigenvalue weighted by Gasteiger charge is -2.36. The van der Waals surface area contributed by atoms with Gasteiger partial charge < -0.3 is 19.3 Å². The van der Waals surface area contributed by atoms with Crippen molar-refractivity contribution in [1.82, 2.24) is 4.90 Å². The summed E-state index contributed by atoms with van der Waals surface area (Å²) in [6, 6.07) is 24.0. The Morgan fingerprint density at radius 3 is 2.46 bits per heavy atom. The Balaban J connectivity index is 1.49. The molecule has 1 amide bonds. The van der Waals surface area contributed by atoms with Gasteiger partial charge in [0.05, 0.1) is 11.1 Å². The minimum Gasteiger partial charge on any atom is -0.490 e. The first-order chi connectivity index (χ1) is 18.0. The maximum absolute atomic E-state index is 13.2. The summed E-state index contributed by atoms with van der Waals surface area (Å²) < 4.78 is 12.6. The molecule has 0 aliphatic carbocycles. The van der Waals surface area contributed by atoms with Gasteiger partial charge >= 0.3 is 0 Å². The van der Waals surface area contributed by atoms with Crippen molar-refractivity contribution < 1.29 is 14.3 Å². The summed E-state index contributed by atoms with van der Waals surface area (Å²) in [5, 5.41) is 9.80. The molecule has 0 spiro atoms. The number of hydrogen-bond acceptors (Lipinski definition) is 5. The highest BCUT2D eigenvalue weighted by Crippen LogP contribution is 2.38. The summed E-state index contributed by atoms with van der Waals surface area (Å²) in [7, 11) is 0. The number of nitrogens with zero attached hydrogens (tertiary/aromatic N) is 3. The van der Waals surface area contributed by atoms with Gasteiger partial charge in [-0.05, 0) is 71.2 Å². The molecule has 1 saturated heterocycles. The van der Waals surface area contributed by atoms with Crippen molar-refractivity contribution in [3.63, 3.8) is 0 Å². The number of para-hydroxylation sites is 1. The van der Waals surface area contributed by atoms with Gasteiger partial charge in [-0.25, -0.2) is 0 Å². The summed E-state index contributed by atoms with van der Waals surface area (Å²) in [5.74, 6) is 0.878. The molecule has 3 aromatic rings. The minimum absolute atomic E-state index is 0.0935. The fraction of sp³-hybridized carbons (Fsp3) is 0.267. The summed E-state index contributed by atoms with van der Waals surface area (Å²) in [6.45, 7) is 7.37. The van der Waals surface area contributed by atoms with Crippen LogP contribution in [-0.2, 0) is 11.4 Å². The topological polar surface area (TPSA) is 65.8 Å². The van der Waals surface area contributed by atoms with Gasteiger partial charge in [-0.1, -0.05) is 48.0 Å². The van der Waals surface area contributed by atoms with E-state index in [0.717, 1.165) is 24.3 Å². The van der Waals surface area contributed by atoms with Crippen molar-refractivity contribution in [3.8, 4) is 17.6 Å². The molecule has 0 aromatic heterocycles. The van der Waals surface area contributed by atoms with Gasteiger partial charge in [0, 0.05) is 31.9 Å². The Morgan fingerprint density at radius 2 is 1.78 bits per heavy atom. The molecule has 0 unspecified atom stereocenters. The van der Waals surface area contributed by atoms with Crippen LogP contribution < -0.4 is 14.4 Å². The first-order valence-corrected chi connectivity index (χ1v) is 13.1. The van der Waals surface area contributed by atoms with Crippen LogP contribution in [0.25, 0.3) is 6.08 Å². The molecule has 0 N–H and O–H groups in total. The van der Waals surface area contributed by atoms with Crippen LogP contribution in [0.2, 0.25) is 0 Å². The number of benzene rings is 3. The lowest BCUT2D eigenvalue weighted by molar-refractivity contribution is -0.126. The summed E-state index contributed by atoms with van der Waals surface area (Å²) >= 11 is 3.59. The normalized spacial score (nSPS) is 13.7. The van der Waals surface area contributed by atoms with Gasteiger partial charge in [0.25, 0.3) is 5.91 Å². The van der Waals surface area contributed by atoms with Crippen LogP contribution >= 0.6 is 15.9 Å². The highest BCUT2D eigenvalue weighted by Gasteiger charge is 2.24. The minimum atomic E-state index is -0.260. The zero-order chi connectivity index (χ0) is 26.2. The average molecular weight is 560 g/mol. The fourth-order valence-electron chi connectivity index (χ4n) is 4.32. The number of aryl methyl sites for hydroxylation is 1. The van der Waals surface area contributed by atoms with Crippen molar-refractivity contribution >= 4 is 33.6 Å². The molecule has 4 rings (SSSR count). The van der Waals surface area contributed by atoms with E-state index in [1.165, 1.54) is 5.56 Å². The van der Waals surface area contributed by atoms with Crippen LogP contribution in [0.5, 0.6) is 11.5 Å². The molecule has 1 aliphatic heterocycles. The molecule has 0 atom stereocenters. The predicted molar refractivity (Wildman–Crippen MR) is 150 cm³/mol. The lowest BCUT2D eigenvalue weighted by Crippen LogP contribution is -2.49. The Morgan fingerprint density at radius 1 is 1.03 bits per heavy atom. The molecule has 190 valence electrons. The van der Waals surface area contributed by atoms with Crippen LogP contribution in [-0.4, -0.2) is 43.6 Å². The molecular formula is C30H30BrN3O3. The van der Waals surface area contributed by atoms with E-state index in [1.54, 1.807) is 17.0 Å². The van der Waals surface area contributed by atoms with E-state index in [0.29, 0.717) is 47.8 Å². The molecule has 1 fully saturated rings. The van der Waals surface area contributed by atoms with E-state index in [9.17, 15) is 10.1 Å². The number of halogens is 1. The maximum Gasteiger partial charge on any atom is 0.264 e. The molecular weight excluding hydrogens is 530 g/mol.